The number of hydrogen-bond acceptors (Lipinski definition) is 5. The minimum absolute atomic E-state index is 0.0567. The highest BCUT2D eigenvalue weighted by atomic mass is 16.5. The van der Waals surface area contributed by atoms with Crippen molar-refractivity contribution in [3.8, 4) is 5.75 Å². The van der Waals surface area contributed by atoms with Crippen LogP contribution in [0.5, 0.6) is 5.75 Å². The first kappa shape index (κ1) is 21.6. The number of methoxy groups -OCH3 is 1. The van der Waals surface area contributed by atoms with Crippen molar-refractivity contribution in [1.29, 1.82) is 0 Å². The van der Waals surface area contributed by atoms with E-state index < -0.39 is 5.97 Å². The van der Waals surface area contributed by atoms with Crippen molar-refractivity contribution in [3.63, 3.8) is 0 Å². The molecule has 0 radical (unpaired) electrons. The molecule has 172 valence electrons. The molecule has 2 aromatic carbocycles. The summed E-state index contributed by atoms with van der Waals surface area (Å²) in [5.41, 5.74) is 1.85. The van der Waals surface area contributed by atoms with Gasteiger partial charge in [-0.1, -0.05) is 18.2 Å². The number of benzene rings is 2. The molecule has 2 saturated heterocycles. The molecule has 0 spiro atoms. The van der Waals surface area contributed by atoms with Crippen molar-refractivity contribution in [2.45, 2.75) is 63.8 Å². The number of pyridine rings is 1. The van der Waals surface area contributed by atoms with Crippen molar-refractivity contribution < 1.29 is 14.3 Å². The maximum atomic E-state index is 13.2. The van der Waals surface area contributed by atoms with Crippen LogP contribution in [0.1, 0.15) is 55.9 Å². The van der Waals surface area contributed by atoms with Gasteiger partial charge in [0.1, 0.15) is 17.4 Å². The predicted molar refractivity (Wildman–Crippen MR) is 129 cm³/mol. The zero-order valence-electron chi connectivity index (χ0n) is 19.4. The molecule has 2 aliphatic heterocycles. The Morgan fingerprint density at radius 3 is 2.30 bits per heavy atom. The van der Waals surface area contributed by atoms with Gasteiger partial charge in [-0.3, -0.25) is 4.79 Å². The molecule has 6 heteroatoms. The van der Waals surface area contributed by atoms with E-state index in [0.29, 0.717) is 12.1 Å². The zero-order valence-corrected chi connectivity index (χ0v) is 19.4. The number of nitrogens with zero attached hydrogens (tertiary/aromatic N) is 2. The first-order valence-corrected chi connectivity index (χ1v) is 11.7. The summed E-state index contributed by atoms with van der Waals surface area (Å²) in [6, 6.07) is 18.1. The molecule has 6 nitrogen and oxygen atoms in total. The van der Waals surface area contributed by atoms with E-state index in [1.165, 1.54) is 5.69 Å². The molecule has 2 aliphatic rings. The van der Waals surface area contributed by atoms with Crippen molar-refractivity contribution in [3.05, 3.63) is 70.5 Å². The number of ether oxygens (including phenoxy) is 2. The van der Waals surface area contributed by atoms with Crippen LogP contribution in [0.15, 0.2) is 59.4 Å². The van der Waals surface area contributed by atoms with Gasteiger partial charge < -0.3 is 18.9 Å². The van der Waals surface area contributed by atoms with Crippen LogP contribution in [-0.4, -0.2) is 35.8 Å². The molecule has 5 rings (SSSR count). The number of hydrogen-bond donors (Lipinski definition) is 0. The molecule has 0 aliphatic carbocycles. The van der Waals surface area contributed by atoms with Gasteiger partial charge in [0.25, 0.3) is 5.56 Å². The highest BCUT2D eigenvalue weighted by Crippen LogP contribution is 2.40. The van der Waals surface area contributed by atoms with Crippen LogP contribution in [0.4, 0.5) is 5.69 Å². The minimum Gasteiger partial charge on any atom is -0.497 e. The quantitative estimate of drug-likeness (QED) is 0.519. The van der Waals surface area contributed by atoms with Gasteiger partial charge in [0, 0.05) is 36.7 Å². The van der Waals surface area contributed by atoms with Gasteiger partial charge in [-0.2, -0.15) is 0 Å². The molecule has 0 saturated carbocycles. The number of carbonyl (C=O) groups excluding carboxylic acids is 1. The third-order valence-corrected chi connectivity index (χ3v) is 7.02. The lowest BCUT2D eigenvalue weighted by Crippen LogP contribution is -2.46. The smallest absolute Gasteiger partial charge is 0.344 e. The largest absolute Gasteiger partial charge is 0.497 e. The summed E-state index contributed by atoms with van der Waals surface area (Å²) in [6.07, 6.45) is 3.55. The normalized spacial score (nSPS) is 22.1. The topological polar surface area (TPSA) is 60.8 Å². The van der Waals surface area contributed by atoms with Crippen LogP contribution in [0, 0.1) is 0 Å². The molecule has 3 aromatic rings. The number of esters is 1. The van der Waals surface area contributed by atoms with Crippen LogP contribution < -0.4 is 15.2 Å². The average molecular weight is 447 g/mol. The number of rotatable bonds is 5. The highest BCUT2D eigenvalue weighted by molar-refractivity contribution is 5.94. The fourth-order valence-corrected chi connectivity index (χ4v) is 5.56. The third kappa shape index (κ3) is 3.88. The lowest BCUT2D eigenvalue weighted by molar-refractivity contribution is 0.0201. The van der Waals surface area contributed by atoms with Crippen LogP contribution in [-0.2, 0) is 4.74 Å². The van der Waals surface area contributed by atoms with E-state index in [-0.39, 0.29) is 23.3 Å². The number of piperidine rings is 1. The average Bonchev–Trinajstić information content (AvgIpc) is 3.08. The Labute approximate surface area is 193 Å². The summed E-state index contributed by atoms with van der Waals surface area (Å²) >= 11 is 0. The molecule has 2 fully saturated rings. The van der Waals surface area contributed by atoms with Crippen LogP contribution in [0.3, 0.4) is 0 Å². The monoisotopic (exact) mass is 446 g/mol. The molecular formula is C27H30N2O4. The summed E-state index contributed by atoms with van der Waals surface area (Å²) in [5, 5.41) is 0.868. The van der Waals surface area contributed by atoms with E-state index in [4.69, 9.17) is 9.47 Å². The lowest BCUT2D eigenvalue weighted by atomic mass is 9.98. The van der Waals surface area contributed by atoms with Gasteiger partial charge in [0.15, 0.2) is 0 Å². The summed E-state index contributed by atoms with van der Waals surface area (Å²) < 4.78 is 12.9. The van der Waals surface area contributed by atoms with Crippen molar-refractivity contribution >= 4 is 22.6 Å². The number of aromatic nitrogens is 1. The maximum Gasteiger partial charge on any atom is 0.344 e. The number of anilines is 1. The first-order chi connectivity index (χ1) is 16.0. The predicted octanol–water partition coefficient (Wildman–Crippen LogP) is 4.95. The van der Waals surface area contributed by atoms with Gasteiger partial charge in [-0.15, -0.1) is 0 Å². The van der Waals surface area contributed by atoms with E-state index in [1.807, 2.05) is 50.2 Å². The Hall–Kier alpha value is -3.28. The van der Waals surface area contributed by atoms with E-state index in [1.54, 1.807) is 17.7 Å². The van der Waals surface area contributed by atoms with Gasteiger partial charge in [0.2, 0.25) is 0 Å². The lowest BCUT2D eigenvalue weighted by Gasteiger charge is -2.40. The molecule has 33 heavy (non-hydrogen) atoms. The van der Waals surface area contributed by atoms with E-state index in [0.717, 1.165) is 42.3 Å². The van der Waals surface area contributed by atoms with E-state index in [2.05, 4.69) is 17.0 Å². The Morgan fingerprint density at radius 2 is 1.67 bits per heavy atom. The summed E-state index contributed by atoms with van der Waals surface area (Å²) in [7, 11) is 1.67. The van der Waals surface area contributed by atoms with Crippen molar-refractivity contribution in [1.82, 2.24) is 4.57 Å². The SMILES string of the molecule is COc1ccc(N2[C@@H]3CC[C@H]2CC(OC(=O)c2cc4ccccc4n(C(C)C)c2=O)C3)cc1. The summed E-state index contributed by atoms with van der Waals surface area (Å²) in [6.45, 7) is 3.91. The van der Waals surface area contributed by atoms with E-state index in [9.17, 15) is 9.59 Å². The zero-order chi connectivity index (χ0) is 23.1. The molecule has 0 N–H and O–H groups in total. The summed E-state index contributed by atoms with van der Waals surface area (Å²) in [4.78, 5) is 28.8. The fourth-order valence-electron chi connectivity index (χ4n) is 5.56. The molecule has 0 amide bonds. The molecule has 3 heterocycles. The second-order valence-electron chi connectivity index (χ2n) is 9.37. The van der Waals surface area contributed by atoms with Crippen molar-refractivity contribution in [2.75, 3.05) is 12.0 Å². The second-order valence-corrected chi connectivity index (χ2v) is 9.37. The second kappa shape index (κ2) is 8.58. The molecular weight excluding hydrogens is 416 g/mol. The van der Waals surface area contributed by atoms with Crippen LogP contribution in [0.2, 0.25) is 0 Å². The number of carbonyl (C=O) groups is 1. The molecule has 1 unspecified atom stereocenters. The summed E-state index contributed by atoms with van der Waals surface area (Å²) in [5.74, 6) is 0.333. The van der Waals surface area contributed by atoms with Gasteiger partial charge in [0.05, 0.1) is 12.6 Å². The standard InChI is InChI=1S/C27H30N2O4/c1-17(2)28-25-7-5-4-6-18(25)14-24(26(28)30)27(31)33-23-15-20-8-9-21(16-23)29(20)19-10-12-22(32-3)13-11-19/h4-7,10-14,17,20-21,23H,8-9,15-16H2,1-3H3/t20-,21+,23?. The van der Waals surface area contributed by atoms with Gasteiger partial charge in [-0.05, 0) is 68.5 Å². The first-order valence-electron chi connectivity index (χ1n) is 11.7. The fraction of sp³-hybridized carbons (Fsp3) is 0.407. The van der Waals surface area contributed by atoms with E-state index >= 15 is 0 Å². The Balaban J connectivity index is 1.36. The van der Waals surface area contributed by atoms with Crippen LogP contribution in [0.25, 0.3) is 10.9 Å². The van der Waals surface area contributed by atoms with Gasteiger partial charge in [-0.25, -0.2) is 4.79 Å². The maximum absolute atomic E-state index is 13.2. The molecule has 2 bridgehead atoms. The Morgan fingerprint density at radius 1 is 1.00 bits per heavy atom. The Kier molecular flexibility index (Phi) is 5.60. The number of para-hydroxylation sites is 1. The highest BCUT2D eigenvalue weighted by Gasteiger charge is 2.42. The molecule has 1 aromatic heterocycles. The Bertz CT molecular complexity index is 1220. The molecule has 3 atom stereocenters. The minimum atomic E-state index is -0.512. The number of fused-ring (bicyclic) bond motifs is 3. The van der Waals surface area contributed by atoms with Crippen molar-refractivity contribution in [2.24, 2.45) is 0 Å². The van der Waals surface area contributed by atoms with Crippen LogP contribution >= 0.6 is 0 Å². The van der Waals surface area contributed by atoms with Gasteiger partial charge >= 0.3 is 5.97 Å². The third-order valence-electron chi connectivity index (χ3n) is 7.02.